The van der Waals surface area contributed by atoms with Gasteiger partial charge in [0.05, 0.1) is 11.8 Å². The van der Waals surface area contributed by atoms with Crippen molar-refractivity contribution in [2.45, 2.75) is 13.0 Å². The van der Waals surface area contributed by atoms with Crippen molar-refractivity contribution in [2.24, 2.45) is 7.05 Å². The zero-order valence-electron chi connectivity index (χ0n) is 10.8. The van der Waals surface area contributed by atoms with E-state index in [1.54, 1.807) is 13.2 Å². The number of rotatable bonds is 2. The minimum absolute atomic E-state index is 0.434. The highest BCUT2D eigenvalue weighted by atomic mass is 16.4. The highest BCUT2D eigenvalue weighted by Gasteiger charge is 2.20. The third-order valence-corrected chi connectivity index (χ3v) is 3.27. The lowest BCUT2D eigenvalue weighted by Gasteiger charge is -2.06. The molecule has 2 aromatic heterocycles. The van der Waals surface area contributed by atoms with Crippen molar-refractivity contribution < 1.29 is 9.52 Å². The molecule has 98 valence electrons. The van der Waals surface area contributed by atoms with Crippen molar-refractivity contribution >= 4 is 16.8 Å². The van der Waals surface area contributed by atoms with Crippen molar-refractivity contribution in [3.63, 3.8) is 0 Å². The molecule has 0 radical (unpaired) electrons. The summed E-state index contributed by atoms with van der Waals surface area (Å²) in [6.45, 7) is 2.02. The van der Waals surface area contributed by atoms with Gasteiger partial charge in [0.15, 0.2) is 0 Å². The van der Waals surface area contributed by atoms with E-state index in [0.29, 0.717) is 17.1 Å². The number of furan rings is 1. The molecule has 0 amide bonds. The summed E-state index contributed by atoms with van der Waals surface area (Å²) in [6, 6.07) is 7.72. The lowest BCUT2D eigenvalue weighted by atomic mass is 10.1. The Hall–Kier alpha value is -2.27. The fourth-order valence-corrected chi connectivity index (χ4v) is 2.15. The summed E-state index contributed by atoms with van der Waals surface area (Å²) in [6.07, 6.45) is 0.653. The quantitative estimate of drug-likeness (QED) is 0.737. The summed E-state index contributed by atoms with van der Waals surface area (Å²) in [5, 5.41) is 15.3. The summed E-state index contributed by atoms with van der Waals surface area (Å²) in [7, 11) is 1.73. The molecule has 0 fully saturated rings. The van der Waals surface area contributed by atoms with Crippen LogP contribution in [0.4, 0.5) is 5.82 Å². The normalized spacial score (nSPS) is 13.0. The molecule has 19 heavy (non-hydrogen) atoms. The second-order valence-electron chi connectivity index (χ2n) is 4.70. The second kappa shape index (κ2) is 4.13. The first-order valence-electron chi connectivity index (χ1n) is 6.02. The van der Waals surface area contributed by atoms with E-state index in [2.05, 4.69) is 5.10 Å². The number of nitrogens with zero attached hydrogens (tertiary/aromatic N) is 2. The van der Waals surface area contributed by atoms with Gasteiger partial charge in [-0.15, -0.1) is 0 Å². The van der Waals surface area contributed by atoms with E-state index >= 15 is 0 Å². The Morgan fingerprint density at radius 3 is 2.84 bits per heavy atom. The van der Waals surface area contributed by atoms with Gasteiger partial charge < -0.3 is 15.3 Å². The van der Waals surface area contributed by atoms with Crippen LogP contribution in [0.15, 0.2) is 34.9 Å². The number of nitrogen functional groups attached to an aromatic ring is 1. The van der Waals surface area contributed by atoms with E-state index in [0.717, 1.165) is 16.5 Å². The SMILES string of the molecule is Cc1ccc2oc(C(O)c3cnn(C)c3N)cc2c1. The van der Waals surface area contributed by atoms with Gasteiger partial charge in [0, 0.05) is 12.4 Å². The Morgan fingerprint density at radius 1 is 1.37 bits per heavy atom. The minimum Gasteiger partial charge on any atom is -0.458 e. The highest BCUT2D eigenvalue weighted by molar-refractivity contribution is 5.79. The maximum atomic E-state index is 10.3. The van der Waals surface area contributed by atoms with Crippen LogP contribution in [-0.2, 0) is 7.05 Å². The van der Waals surface area contributed by atoms with Gasteiger partial charge in [-0.25, -0.2) is 0 Å². The number of aliphatic hydroxyl groups excluding tert-OH is 1. The molecule has 3 N–H and O–H groups in total. The van der Waals surface area contributed by atoms with Gasteiger partial charge in [0.1, 0.15) is 23.3 Å². The van der Waals surface area contributed by atoms with Crippen LogP contribution in [0.3, 0.4) is 0 Å². The van der Waals surface area contributed by atoms with Gasteiger partial charge in [-0.2, -0.15) is 5.10 Å². The smallest absolute Gasteiger partial charge is 0.142 e. The standard InChI is InChI=1S/C14H15N3O2/c1-8-3-4-11-9(5-8)6-12(19-11)13(18)10-7-16-17(2)14(10)15/h3-7,13,18H,15H2,1-2H3. The molecular weight excluding hydrogens is 242 g/mol. The van der Waals surface area contributed by atoms with E-state index < -0.39 is 6.10 Å². The zero-order chi connectivity index (χ0) is 13.6. The molecule has 0 aliphatic heterocycles. The predicted octanol–water partition coefficient (Wildman–Crippen LogP) is 2.14. The summed E-state index contributed by atoms with van der Waals surface area (Å²) < 4.78 is 7.18. The van der Waals surface area contributed by atoms with Gasteiger partial charge in [-0.3, -0.25) is 4.68 Å². The van der Waals surface area contributed by atoms with E-state index in [-0.39, 0.29) is 0 Å². The number of aliphatic hydroxyl groups is 1. The van der Waals surface area contributed by atoms with Crippen molar-refractivity contribution in [1.82, 2.24) is 9.78 Å². The highest BCUT2D eigenvalue weighted by Crippen LogP contribution is 2.30. The summed E-state index contributed by atoms with van der Waals surface area (Å²) in [5.41, 5.74) is 8.31. The molecule has 0 saturated heterocycles. The molecular formula is C14H15N3O2. The Bertz CT molecular complexity index is 742. The maximum Gasteiger partial charge on any atom is 0.142 e. The number of aryl methyl sites for hydroxylation is 2. The van der Waals surface area contributed by atoms with Crippen LogP contribution in [0.1, 0.15) is 23.0 Å². The van der Waals surface area contributed by atoms with E-state index in [9.17, 15) is 5.11 Å². The predicted molar refractivity (Wildman–Crippen MR) is 72.6 cm³/mol. The molecule has 3 aromatic rings. The molecule has 0 bridgehead atoms. The van der Waals surface area contributed by atoms with Crippen LogP contribution in [0, 0.1) is 6.92 Å². The molecule has 1 aromatic carbocycles. The lowest BCUT2D eigenvalue weighted by Crippen LogP contribution is -2.04. The third kappa shape index (κ3) is 1.88. The fraction of sp³-hybridized carbons (Fsp3) is 0.214. The van der Waals surface area contributed by atoms with Gasteiger partial charge in [-0.1, -0.05) is 11.6 Å². The number of nitrogens with two attached hydrogens (primary N) is 1. The van der Waals surface area contributed by atoms with Crippen molar-refractivity contribution in [1.29, 1.82) is 0 Å². The fourth-order valence-electron chi connectivity index (χ4n) is 2.15. The van der Waals surface area contributed by atoms with Crippen LogP contribution in [0.5, 0.6) is 0 Å². The summed E-state index contributed by atoms with van der Waals surface area (Å²) >= 11 is 0. The number of anilines is 1. The molecule has 0 spiro atoms. The molecule has 1 unspecified atom stereocenters. The lowest BCUT2D eigenvalue weighted by molar-refractivity contribution is 0.193. The Kier molecular flexibility index (Phi) is 2.57. The molecule has 0 aliphatic rings. The topological polar surface area (TPSA) is 77.2 Å². The van der Waals surface area contributed by atoms with Crippen LogP contribution in [0.25, 0.3) is 11.0 Å². The molecule has 0 saturated carbocycles. The Labute approximate surface area is 110 Å². The van der Waals surface area contributed by atoms with Gasteiger partial charge in [0.25, 0.3) is 0 Å². The largest absolute Gasteiger partial charge is 0.458 e. The minimum atomic E-state index is -0.901. The molecule has 5 heteroatoms. The summed E-state index contributed by atoms with van der Waals surface area (Å²) in [4.78, 5) is 0. The van der Waals surface area contributed by atoms with E-state index in [1.165, 1.54) is 4.68 Å². The third-order valence-electron chi connectivity index (χ3n) is 3.27. The van der Waals surface area contributed by atoms with E-state index in [1.807, 2.05) is 31.2 Å². The number of benzene rings is 1. The van der Waals surface area contributed by atoms with Gasteiger partial charge in [0.2, 0.25) is 0 Å². The maximum absolute atomic E-state index is 10.3. The Morgan fingerprint density at radius 2 is 2.16 bits per heavy atom. The first-order chi connectivity index (χ1) is 9.06. The molecule has 1 atom stereocenters. The van der Waals surface area contributed by atoms with Crippen LogP contribution in [0.2, 0.25) is 0 Å². The first kappa shape index (κ1) is 11.8. The molecule has 0 aliphatic carbocycles. The molecule has 3 rings (SSSR count). The average molecular weight is 257 g/mol. The monoisotopic (exact) mass is 257 g/mol. The Balaban J connectivity index is 2.06. The first-order valence-corrected chi connectivity index (χ1v) is 6.02. The van der Waals surface area contributed by atoms with E-state index in [4.69, 9.17) is 10.2 Å². The number of hydrogen-bond acceptors (Lipinski definition) is 4. The van der Waals surface area contributed by atoms with Crippen LogP contribution < -0.4 is 5.73 Å². The zero-order valence-corrected chi connectivity index (χ0v) is 10.8. The van der Waals surface area contributed by atoms with Gasteiger partial charge >= 0.3 is 0 Å². The molecule has 2 heterocycles. The summed E-state index contributed by atoms with van der Waals surface area (Å²) in [5.74, 6) is 0.907. The number of fused-ring (bicyclic) bond motifs is 1. The van der Waals surface area contributed by atoms with Crippen molar-refractivity contribution in [2.75, 3.05) is 5.73 Å². The van der Waals surface area contributed by atoms with Crippen LogP contribution in [-0.4, -0.2) is 14.9 Å². The molecule has 5 nitrogen and oxygen atoms in total. The second-order valence-corrected chi connectivity index (χ2v) is 4.70. The number of aromatic nitrogens is 2. The van der Waals surface area contributed by atoms with Crippen LogP contribution >= 0.6 is 0 Å². The van der Waals surface area contributed by atoms with Gasteiger partial charge in [-0.05, 0) is 25.1 Å². The van der Waals surface area contributed by atoms with Crippen molar-refractivity contribution in [3.8, 4) is 0 Å². The average Bonchev–Trinajstić information content (AvgIpc) is 2.93. The van der Waals surface area contributed by atoms with Crippen molar-refractivity contribution in [3.05, 3.63) is 47.3 Å². The number of hydrogen-bond donors (Lipinski definition) is 2.